The molecule has 0 radical (unpaired) electrons. The number of esters is 1. The zero-order valence-corrected chi connectivity index (χ0v) is 17.2. The van der Waals surface area contributed by atoms with E-state index in [-0.39, 0.29) is 5.97 Å². The highest BCUT2D eigenvalue weighted by Crippen LogP contribution is 2.48. The molecule has 4 rings (SSSR count). The third-order valence-electron chi connectivity index (χ3n) is 6.62. The molecule has 2 saturated heterocycles. The highest BCUT2D eigenvalue weighted by Gasteiger charge is 2.54. The summed E-state index contributed by atoms with van der Waals surface area (Å²) in [6, 6.07) is 0.537. The molecule has 3 heterocycles. The normalized spacial score (nSPS) is 31.3. The van der Waals surface area contributed by atoms with Gasteiger partial charge in [0.1, 0.15) is 0 Å². The molecule has 3 aliphatic rings. The van der Waals surface area contributed by atoms with E-state index in [4.69, 9.17) is 21.1 Å². The standard InChI is InChI=1S/C20H29ClN4O3/c1-2-28-18(26)20-5-3-17(24-7-9-27-10-8-24)11-15(20)4-6-25(14-20)19-22-12-16(21)13-23-19/h12-13,15,17H,2-11,14H2,1H3/t15-,17-,20-/m1/s1. The lowest BCUT2D eigenvalue weighted by molar-refractivity contribution is -0.164. The summed E-state index contributed by atoms with van der Waals surface area (Å²) in [6.45, 7) is 7.38. The van der Waals surface area contributed by atoms with Crippen molar-refractivity contribution < 1.29 is 14.3 Å². The van der Waals surface area contributed by atoms with Gasteiger partial charge in [-0.1, -0.05) is 11.6 Å². The first kappa shape index (κ1) is 19.9. The molecule has 3 atom stereocenters. The predicted molar refractivity (Wildman–Crippen MR) is 106 cm³/mol. The van der Waals surface area contributed by atoms with Crippen molar-refractivity contribution in [3.8, 4) is 0 Å². The maximum Gasteiger partial charge on any atom is 0.314 e. The second-order valence-electron chi connectivity index (χ2n) is 8.06. The fraction of sp³-hybridized carbons (Fsp3) is 0.750. The Morgan fingerprint density at radius 1 is 1.29 bits per heavy atom. The van der Waals surface area contributed by atoms with E-state index in [2.05, 4.69) is 19.8 Å². The molecule has 8 heteroatoms. The quantitative estimate of drug-likeness (QED) is 0.708. The Bertz CT molecular complexity index is 683. The Balaban J connectivity index is 1.54. The van der Waals surface area contributed by atoms with Crippen LogP contribution in [-0.2, 0) is 14.3 Å². The molecule has 0 N–H and O–H groups in total. The van der Waals surface area contributed by atoms with E-state index in [9.17, 15) is 4.79 Å². The number of carbonyl (C=O) groups excluding carboxylic acids is 1. The molecule has 1 aromatic heterocycles. The van der Waals surface area contributed by atoms with Gasteiger partial charge in [-0.15, -0.1) is 0 Å². The number of nitrogens with zero attached hydrogens (tertiary/aromatic N) is 4. The van der Waals surface area contributed by atoms with Crippen molar-refractivity contribution >= 4 is 23.5 Å². The summed E-state index contributed by atoms with van der Waals surface area (Å²) >= 11 is 5.94. The van der Waals surface area contributed by atoms with Crippen LogP contribution in [0.4, 0.5) is 5.95 Å². The Morgan fingerprint density at radius 2 is 2.04 bits per heavy atom. The van der Waals surface area contributed by atoms with Gasteiger partial charge in [-0.2, -0.15) is 0 Å². The van der Waals surface area contributed by atoms with Gasteiger partial charge in [0.05, 0.1) is 42.7 Å². The minimum atomic E-state index is -0.472. The molecule has 0 spiro atoms. The van der Waals surface area contributed by atoms with Crippen LogP contribution in [0.25, 0.3) is 0 Å². The lowest BCUT2D eigenvalue weighted by atomic mass is 9.61. The molecule has 154 valence electrons. The topological polar surface area (TPSA) is 67.8 Å². The average Bonchev–Trinajstić information content (AvgIpc) is 2.74. The van der Waals surface area contributed by atoms with Gasteiger partial charge in [0.25, 0.3) is 0 Å². The predicted octanol–water partition coefficient (Wildman–Crippen LogP) is 2.39. The molecule has 0 amide bonds. The van der Waals surface area contributed by atoms with Crippen molar-refractivity contribution in [2.45, 2.75) is 38.6 Å². The molecular formula is C20H29ClN4O3. The number of halogens is 1. The molecule has 1 saturated carbocycles. The number of hydrogen-bond donors (Lipinski definition) is 0. The molecule has 1 aliphatic carbocycles. The first-order valence-corrected chi connectivity index (χ1v) is 10.7. The Labute approximate surface area is 171 Å². The summed E-state index contributed by atoms with van der Waals surface area (Å²) in [6.07, 6.45) is 7.09. The van der Waals surface area contributed by atoms with E-state index >= 15 is 0 Å². The van der Waals surface area contributed by atoms with Crippen LogP contribution in [0.3, 0.4) is 0 Å². The van der Waals surface area contributed by atoms with Crippen molar-refractivity contribution in [2.24, 2.45) is 11.3 Å². The number of piperidine rings is 1. The van der Waals surface area contributed by atoms with E-state index in [1.807, 2.05) is 6.92 Å². The van der Waals surface area contributed by atoms with Gasteiger partial charge in [0.2, 0.25) is 5.95 Å². The first-order valence-electron chi connectivity index (χ1n) is 10.3. The summed E-state index contributed by atoms with van der Waals surface area (Å²) < 4.78 is 11.1. The van der Waals surface area contributed by atoms with Crippen LogP contribution >= 0.6 is 11.6 Å². The smallest absolute Gasteiger partial charge is 0.314 e. The highest BCUT2D eigenvalue weighted by molar-refractivity contribution is 6.30. The number of ether oxygens (including phenoxy) is 2. The maximum atomic E-state index is 13.1. The fourth-order valence-electron chi connectivity index (χ4n) is 5.16. The van der Waals surface area contributed by atoms with Gasteiger partial charge in [-0.3, -0.25) is 9.69 Å². The van der Waals surface area contributed by atoms with Gasteiger partial charge in [-0.25, -0.2) is 9.97 Å². The van der Waals surface area contributed by atoms with Gasteiger partial charge in [0.15, 0.2) is 0 Å². The lowest BCUT2D eigenvalue weighted by Gasteiger charge is -2.52. The summed E-state index contributed by atoms with van der Waals surface area (Å²) in [5.74, 6) is 0.914. The highest BCUT2D eigenvalue weighted by atomic mass is 35.5. The number of fused-ring (bicyclic) bond motifs is 1. The van der Waals surface area contributed by atoms with Crippen molar-refractivity contribution in [2.75, 3.05) is 50.9 Å². The lowest BCUT2D eigenvalue weighted by Crippen LogP contribution is -2.59. The van der Waals surface area contributed by atoms with Crippen LogP contribution < -0.4 is 4.90 Å². The molecule has 0 unspecified atom stereocenters. The number of rotatable bonds is 4. The summed E-state index contributed by atoms with van der Waals surface area (Å²) in [4.78, 5) is 26.5. The molecule has 28 heavy (non-hydrogen) atoms. The SMILES string of the molecule is CCOC(=O)[C@@]12CC[C@@H](N3CCOCC3)C[C@H]1CCN(c1ncc(Cl)cn1)C2. The molecule has 2 aliphatic heterocycles. The first-order chi connectivity index (χ1) is 13.6. The second-order valence-corrected chi connectivity index (χ2v) is 8.50. The molecular weight excluding hydrogens is 380 g/mol. The largest absolute Gasteiger partial charge is 0.466 e. The summed E-state index contributed by atoms with van der Waals surface area (Å²) in [5, 5.41) is 0.518. The summed E-state index contributed by atoms with van der Waals surface area (Å²) in [7, 11) is 0. The van der Waals surface area contributed by atoms with Crippen LogP contribution in [0.2, 0.25) is 5.02 Å². The van der Waals surface area contributed by atoms with E-state index in [0.29, 0.717) is 36.1 Å². The van der Waals surface area contributed by atoms with Gasteiger partial charge in [0, 0.05) is 32.2 Å². The molecule has 3 fully saturated rings. The van der Waals surface area contributed by atoms with Crippen molar-refractivity contribution in [1.29, 1.82) is 0 Å². The number of anilines is 1. The number of morpholine rings is 1. The molecule has 7 nitrogen and oxygen atoms in total. The van der Waals surface area contributed by atoms with Crippen LogP contribution in [0.15, 0.2) is 12.4 Å². The molecule has 1 aromatic rings. The van der Waals surface area contributed by atoms with Gasteiger partial charge in [-0.05, 0) is 38.5 Å². The van der Waals surface area contributed by atoms with E-state index < -0.39 is 5.41 Å². The maximum absolute atomic E-state index is 13.1. The second kappa shape index (κ2) is 8.51. The van der Waals surface area contributed by atoms with Gasteiger partial charge < -0.3 is 14.4 Å². The minimum Gasteiger partial charge on any atom is -0.466 e. The summed E-state index contributed by atoms with van der Waals surface area (Å²) in [5.41, 5.74) is -0.472. The Kier molecular flexibility index (Phi) is 6.04. The van der Waals surface area contributed by atoms with E-state index in [1.165, 1.54) is 0 Å². The number of aromatic nitrogens is 2. The van der Waals surface area contributed by atoms with E-state index in [0.717, 1.165) is 58.5 Å². The fourth-order valence-corrected chi connectivity index (χ4v) is 5.25. The number of hydrogen-bond acceptors (Lipinski definition) is 7. The zero-order valence-electron chi connectivity index (χ0n) is 16.5. The van der Waals surface area contributed by atoms with Gasteiger partial charge >= 0.3 is 5.97 Å². The number of carbonyl (C=O) groups is 1. The van der Waals surface area contributed by atoms with Crippen LogP contribution in [0, 0.1) is 11.3 Å². The van der Waals surface area contributed by atoms with Crippen molar-refractivity contribution in [3.05, 3.63) is 17.4 Å². The average molecular weight is 409 g/mol. The van der Waals surface area contributed by atoms with E-state index in [1.54, 1.807) is 12.4 Å². The van der Waals surface area contributed by atoms with Crippen LogP contribution in [-0.4, -0.2) is 72.9 Å². The van der Waals surface area contributed by atoms with Crippen molar-refractivity contribution in [3.63, 3.8) is 0 Å². The molecule has 0 aromatic carbocycles. The molecule has 0 bridgehead atoms. The zero-order chi connectivity index (χ0) is 19.6. The monoisotopic (exact) mass is 408 g/mol. The third-order valence-corrected chi connectivity index (χ3v) is 6.81. The Morgan fingerprint density at radius 3 is 2.75 bits per heavy atom. The van der Waals surface area contributed by atoms with Crippen LogP contribution in [0.5, 0.6) is 0 Å². The minimum absolute atomic E-state index is 0.0564. The third kappa shape index (κ3) is 3.84. The Hall–Kier alpha value is -1.44. The van der Waals surface area contributed by atoms with Crippen LogP contribution in [0.1, 0.15) is 32.6 Å². The van der Waals surface area contributed by atoms with Crippen molar-refractivity contribution in [1.82, 2.24) is 14.9 Å².